The van der Waals surface area contributed by atoms with Crippen molar-refractivity contribution in [2.24, 2.45) is 5.73 Å². The van der Waals surface area contributed by atoms with Crippen molar-refractivity contribution >= 4 is 29.2 Å². The Morgan fingerprint density at radius 1 is 0.920 bits per heavy atom. The summed E-state index contributed by atoms with van der Waals surface area (Å²) >= 11 is 0. The van der Waals surface area contributed by atoms with E-state index in [0.29, 0.717) is 11.3 Å². The Balaban J connectivity index is 1.91. The highest BCUT2D eigenvalue weighted by atomic mass is 16.2. The molecule has 2 rings (SSSR count). The molecule has 0 atom stereocenters. The lowest BCUT2D eigenvalue weighted by molar-refractivity contribution is -0.115. The SMILES string of the molecule is Cc1cccc(C)c1NC(=O)CNC(=O)c1ccc(NC(N)=O)cc1. The van der Waals surface area contributed by atoms with Gasteiger partial charge in [-0.1, -0.05) is 18.2 Å². The van der Waals surface area contributed by atoms with Gasteiger partial charge in [0.2, 0.25) is 5.91 Å². The number of primary amides is 1. The van der Waals surface area contributed by atoms with E-state index in [4.69, 9.17) is 5.73 Å². The predicted molar refractivity (Wildman–Crippen MR) is 96.5 cm³/mol. The number of rotatable bonds is 5. The summed E-state index contributed by atoms with van der Waals surface area (Å²) in [6.07, 6.45) is 0. The van der Waals surface area contributed by atoms with Crippen molar-refractivity contribution in [3.63, 3.8) is 0 Å². The van der Waals surface area contributed by atoms with Gasteiger partial charge in [-0.25, -0.2) is 4.79 Å². The van der Waals surface area contributed by atoms with Gasteiger partial charge in [-0.2, -0.15) is 0 Å². The van der Waals surface area contributed by atoms with Gasteiger partial charge in [-0.15, -0.1) is 0 Å². The van der Waals surface area contributed by atoms with Crippen LogP contribution in [0.5, 0.6) is 0 Å². The van der Waals surface area contributed by atoms with Gasteiger partial charge in [-0.3, -0.25) is 9.59 Å². The summed E-state index contributed by atoms with van der Waals surface area (Å²) in [6.45, 7) is 3.67. The zero-order valence-electron chi connectivity index (χ0n) is 14.1. The van der Waals surface area contributed by atoms with E-state index < -0.39 is 6.03 Å². The molecule has 25 heavy (non-hydrogen) atoms. The predicted octanol–water partition coefficient (Wildman–Crippen LogP) is 2.16. The number of nitrogens with one attached hydrogen (secondary N) is 3. The van der Waals surface area contributed by atoms with Crippen LogP contribution in [0, 0.1) is 13.8 Å². The van der Waals surface area contributed by atoms with Crippen molar-refractivity contribution in [3.8, 4) is 0 Å². The summed E-state index contributed by atoms with van der Waals surface area (Å²) in [5.41, 5.74) is 8.53. The fourth-order valence-corrected chi connectivity index (χ4v) is 2.31. The van der Waals surface area contributed by atoms with E-state index in [2.05, 4.69) is 16.0 Å². The van der Waals surface area contributed by atoms with Gasteiger partial charge in [0.1, 0.15) is 0 Å². The third-order valence-electron chi connectivity index (χ3n) is 3.57. The lowest BCUT2D eigenvalue weighted by atomic mass is 10.1. The molecule has 130 valence electrons. The maximum Gasteiger partial charge on any atom is 0.316 e. The summed E-state index contributed by atoms with van der Waals surface area (Å²) in [6, 6.07) is 11.2. The number of carbonyl (C=O) groups excluding carboxylic acids is 3. The number of carbonyl (C=O) groups is 3. The molecule has 0 radical (unpaired) electrons. The molecule has 0 aliphatic heterocycles. The summed E-state index contributed by atoms with van der Waals surface area (Å²) in [7, 11) is 0. The normalized spacial score (nSPS) is 10.0. The van der Waals surface area contributed by atoms with Crippen LogP contribution in [0.25, 0.3) is 0 Å². The van der Waals surface area contributed by atoms with Crippen LogP contribution in [0.15, 0.2) is 42.5 Å². The molecule has 2 aromatic rings. The van der Waals surface area contributed by atoms with E-state index in [1.807, 2.05) is 32.0 Å². The Morgan fingerprint density at radius 2 is 1.52 bits per heavy atom. The van der Waals surface area contributed by atoms with Crippen LogP contribution in [0.2, 0.25) is 0 Å². The molecule has 4 amide bonds. The minimum atomic E-state index is -0.680. The van der Waals surface area contributed by atoms with Crippen molar-refractivity contribution in [2.75, 3.05) is 17.2 Å². The van der Waals surface area contributed by atoms with Crippen LogP contribution < -0.4 is 21.7 Å². The largest absolute Gasteiger partial charge is 0.351 e. The molecule has 0 unspecified atom stereocenters. The number of urea groups is 1. The molecule has 5 N–H and O–H groups in total. The fraction of sp³-hybridized carbons (Fsp3) is 0.167. The standard InChI is InChI=1S/C18H20N4O3/c1-11-4-3-5-12(2)16(11)22-15(23)10-20-17(24)13-6-8-14(9-7-13)21-18(19)25/h3-9H,10H2,1-2H3,(H,20,24)(H,22,23)(H3,19,21,25). The number of para-hydroxylation sites is 1. The smallest absolute Gasteiger partial charge is 0.316 e. The Morgan fingerprint density at radius 3 is 2.08 bits per heavy atom. The van der Waals surface area contributed by atoms with E-state index in [1.54, 1.807) is 12.1 Å². The van der Waals surface area contributed by atoms with Gasteiger partial charge < -0.3 is 21.7 Å². The summed E-state index contributed by atoms with van der Waals surface area (Å²) < 4.78 is 0. The Hall–Kier alpha value is -3.35. The minimum Gasteiger partial charge on any atom is -0.351 e. The molecule has 0 fully saturated rings. The molecule has 0 aromatic heterocycles. The van der Waals surface area contributed by atoms with E-state index >= 15 is 0 Å². The van der Waals surface area contributed by atoms with Crippen molar-refractivity contribution in [3.05, 3.63) is 59.2 Å². The molecule has 2 aromatic carbocycles. The zero-order chi connectivity index (χ0) is 18.4. The van der Waals surface area contributed by atoms with E-state index in [-0.39, 0.29) is 18.4 Å². The van der Waals surface area contributed by atoms with Crippen LogP contribution in [-0.2, 0) is 4.79 Å². The molecular weight excluding hydrogens is 320 g/mol. The number of nitrogens with two attached hydrogens (primary N) is 1. The van der Waals surface area contributed by atoms with Crippen LogP contribution in [-0.4, -0.2) is 24.4 Å². The molecule has 0 bridgehead atoms. The van der Waals surface area contributed by atoms with E-state index in [0.717, 1.165) is 16.8 Å². The second-order valence-corrected chi connectivity index (χ2v) is 5.56. The first-order chi connectivity index (χ1) is 11.9. The number of hydrogen-bond donors (Lipinski definition) is 4. The molecular formula is C18H20N4O3. The number of benzene rings is 2. The van der Waals surface area contributed by atoms with Crippen molar-refractivity contribution < 1.29 is 14.4 Å². The molecule has 0 aliphatic rings. The lowest BCUT2D eigenvalue weighted by Crippen LogP contribution is -2.33. The van der Waals surface area contributed by atoms with Gasteiger partial charge in [0.05, 0.1) is 6.54 Å². The molecule has 0 spiro atoms. The van der Waals surface area contributed by atoms with Gasteiger partial charge in [0.15, 0.2) is 0 Å². The quantitative estimate of drug-likeness (QED) is 0.669. The maximum absolute atomic E-state index is 12.1. The third-order valence-corrected chi connectivity index (χ3v) is 3.57. The van der Waals surface area contributed by atoms with E-state index in [1.165, 1.54) is 12.1 Å². The first-order valence-corrected chi connectivity index (χ1v) is 7.67. The topological polar surface area (TPSA) is 113 Å². The van der Waals surface area contributed by atoms with Gasteiger partial charge in [0, 0.05) is 16.9 Å². The van der Waals surface area contributed by atoms with Gasteiger partial charge in [-0.05, 0) is 49.2 Å². The molecule has 7 heteroatoms. The lowest BCUT2D eigenvalue weighted by Gasteiger charge is -2.12. The highest BCUT2D eigenvalue weighted by Gasteiger charge is 2.10. The molecule has 0 saturated carbocycles. The third kappa shape index (κ3) is 5.07. The highest BCUT2D eigenvalue weighted by molar-refractivity contribution is 6.00. The Bertz CT molecular complexity index is 780. The summed E-state index contributed by atoms with van der Waals surface area (Å²) in [5, 5.41) is 7.76. The molecule has 7 nitrogen and oxygen atoms in total. The molecule has 0 saturated heterocycles. The average Bonchev–Trinajstić information content (AvgIpc) is 2.56. The first kappa shape index (κ1) is 18.0. The second-order valence-electron chi connectivity index (χ2n) is 5.56. The zero-order valence-corrected chi connectivity index (χ0v) is 14.1. The Kier molecular flexibility index (Phi) is 5.73. The highest BCUT2D eigenvalue weighted by Crippen LogP contribution is 2.19. The summed E-state index contributed by atoms with van der Waals surface area (Å²) in [4.78, 5) is 34.9. The number of aryl methyl sites for hydroxylation is 2. The van der Waals surface area contributed by atoms with Crippen molar-refractivity contribution in [2.45, 2.75) is 13.8 Å². The van der Waals surface area contributed by atoms with Crippen molar-refractivity contribution in [1.29, 1.82) is 0 Å². The van der Waals surface area contributed by atoms with Crippen molar-refractivity contribution in [1.82, 2.24) is 5.32 Å². The monoisotopic (exact) mass is 340 g/mol. The minimum absolute atomic E-state index is 0.145. The molecule has 0 aliphatic carbocycles. The number of hydrogen-bond acceptors (Lipinski definition) is 3. The first-order valence-electron chi connectivity index (χ1n) is 7.67. The maximum atomic E-state index is 12.1. The van der Waals surface area contributed by atoms with E-state index in [9.17, 15) is 14.4 Å². The summed E-state index contributed by atoms with van der Waals surface area (Å²) in [5.74, 6) is -0.694. The van der Waals surface area contributed by atoms with Crippen LogP contribution in [0.4, 0.5) is 16.2 Å². The fourth-order valence-electron chi connectivity index (χ4n) is 2.31. The Labute approximate surface area is 145 Å². The average molecular weight is 340 g/mol. The number of amides is 4. The second kappa shape index (κ2) is 7.96. The van der Waals surface area contributed by atoms with Crippen LogP contribution >= 0.6 is 0 Å². The van der Waals surface area contributed by atoms with Gasteiger partial charge >= 0.3 is 6.03 Å². The molecule has 0 heterocycles. The number of anilines is 2. The van der Waals surface area contributed by atoms with Crippen LogP contribution in [0.3, 0.4) is 0 Å². The van der Waals surface area contributed by atoms with Crippen LogP contribution in [0.1, 0.15) is 21.5 Å². The van der Waals surface area contributed by atoms with Gasteiger partial charge in [0.25, 0.3) is 5.91 Å².